The molecule has 2 heterocycles. The number of hydrogen-bond acceptors (Lipinski definition) is 5. The molecule has 5 nitrogen and oxygen atoms in total. The SMILES string of the molecule is COc1ccc2c3c1O[C@@H]1C(=O)CCC4(O)C(C2)N(C)CC[C@]314. The predicted octanol–water partition coefficient (Wildman–Crippen LogP) is 1.05. The molecule has 1 spiro atoms. The van der Waals surface area contributed by atoms with Crippen LogP contribution in [-0.4, -0.2) is 54.2 Å². The number of methoxy groups -OCH3 is 1. The summed E-state index contributed by atoms with van der Waals surface area (Å²) in [7, 11) is 3.70. The minimum atomic E-state index is -0.900. The van der Waals surface area contributed by atoms with Crippen molar-refractivity contribution in [2.24, 2.45) is 0 Å². The second kappa shape index (κ2) is 4.08. The van der Waals surface area contributed by atoms with Gasteiger partial charge >= 0.3 is 0 Å². The van der Waals surface area contributed by atoms with Crippen molar-refractivity contribution in [2.45, 2.75) is 48.8 Å². The van der Waals surface area contributed by atoms with E-state index in [0.29, 0.717) is 24.3 Å². The van der Waals surface area contributed by atoms with Gasteiger partial charge in [0.1, 0.15) is 0 Å². The standard InChI is InChI=1S/C18H21NO4/c1-19-8-7-17-14-10-3-4-12(22-2)15(14)23-16(17)11(20)5-6-18(17,21)13(19)9-10/h3-4,13,16,21H,5-9H2,1-2H3/t13?,16-,17+,18?/m1/s1. The lowest BCUT2D eigenvalue weighted by molar-refractivity contribution is -0.185. The molecule has 1 saturated carbocycles. The smallest absolute Gasteiger partial charge is 0.174 e. The summed E-state index contributed by atoms with van der Waals surface area (Å²) < 4.78 is 11.6. The number of likely N-dealkylation sites (N-methyl/N-ethyl adjacent to an activating group) is 1. The van der Waals surface area contributed by atoms with Gasteiger partial charge in [0.25, 0.3) is 0 Å². The van der Waals surface area contributed by atoms with Gasteiger partial charge in [0.15, 0.2) is 23.4 Å². The molecule has 0 radical (unpaired) electrons. The molecule has 2 fully saturated rings. The van der Waals surface area contributed by atoms with Gasteiger partial charge in [-0.3, -0.25) is 4.79 Å². The monoisotopic (exact) mass is 315 g/mol. The Labute approximate surface area is 135 Å². The quantitative estimate of drug-likeness (QED) is 0.839. The van der Waals surface area contributed by atoms with Gasteiger partial charge in [-0.15, -0.1) is 0 Å². The molecule has 5 heteroatoms. The van der Waals surface area contributed by atoms with E-state index in [2.05, 4.69) is 18.0 Å². The van der Waals surface area contributed by atoms with Crippen molar-refractivity contribution < 1.29 is 19.4 Å². The number of rotatable bonds is 1. The first-order valence-electron chi connectivity index (χ1n) is 8.35. The lowest BCUT2D eigenvalue weighted by Gasteiger charge is -2.62. The maximum absolute atomic E-state index is 12.7. The van der Waals surface area contributed by atoms with Crippen molar-refractivity contribution in [1.29, 1.82) is 0 Å². The largest absolute Gasteiger partial charge is 0.493 e. The molecule has 23 heavy (non-hydrogen) atoms. The first-order valence-corrected chi connectivity index (χ1v) is 8.35. The molecular formula is C18H21NO4. The molecule has 5 rings (SSSR count). The van der Waals surface area contributed by atoms with E-state index in [-0.39, 0.29) is 11.8 Å². The predicted molar refractivity (Wildman–Crippen MR) is 83.0 cm³/mol. The number of carbonyl (C=O) groups is 1. The zero-order chi connectivity index (χ0) is 16.0. The van der Waals surface area contributed by atoms with Crippen LogP contribution in [0, 0.1) is 0 Å². The van der Waals surface area contributed by atoms with Crippen LogP contribution in [0.4, 0.5) is 0 Å². The molecule has 0 amide bonds. The zero-order valence-electron chi connectivity index (χ0n) is 13.5. The topological polar surface area (TPSA) is 59.0 Å². The molecule has 4 atom stereocenters. The van der Waals surface area contributed by atoms with Gasteiger partial charge in [0.2, 0.25) is 0 Å². The van der Waals surface area contributed by atoms with Gasteiger partial charge in [-0.1, -0.05) is 6.07 Å². The molecule has 1 saturated heterocycles. The van der Waals surface area contributed by atoms with Gasteiger partial charge in [0, 0.05) is 18.0 Å². The Morgan fingerprint density at radius 1 is 1.39 bits per heavy atom. The number of ether oxygens (including phenoxy) is 2. The average molecular weight is 315 g/mol. The lowest BCUT2D eigenvalue weighted by Crippen LogP contribution is -2.76. The van der Waals surface area contributed by atoms with Crippen LogP contribution >= 0.6 is 0 Å². The van der Waals surface area contributed by atoms with Crippen molar-refractivity contribution in [3.63, 3.8) is 0 Å². The fraction of sp³-hybridized carbons (Fsp3) is 0.611. The number of benzene rings is 1. The van der Waals surface area contributed by atoms with Crippen LogP contribution < -0.4 is 9.47 Å². The van der Waals surface area contributed by atoms with Gasteiger partial charge < -0.3 is 19.5 Å². The molecule has 1 aromatic rings. The van der Waals surface area contributed by atoms with Crippen molar-refractivity contribution in [3.05, 3.63) is 23.3 Å². The summed E-state index contributed by atoms with van der Waals surface area (Å²) in [5, 5.41) is 11.7. The van der Waals surface area contributed by atoms with E-state index < -0.39 is 17.1 Å². The number of ketones is 1. The summed E-state index contributed by atoms with van der Waals surface area (Å²) >= 11 is 0. The minimum Gasteiger partial charge on any atom is -0.493 e. The van der Waals surface area contributed by atoms with E-state index in [0.717, 1.165) is 24.9 Å². The zero-order valence-corrected chi connectivity index (χ0v) is 13.5. The van der Waals surface area contributed by atoms with Crippen LogP contribution in [0.15, 0.2) is 12.1 Å². The third kappa shape index (κ3) is 1.32. The molecule has 2 aliphatic heterocycles. The second-order valence-electron chi connectivity index (χ2n) is 7.44. The molecule has 1 N–H and O–H groups in total. The van der Waals surface area contributed by atoms with Crippen LogP contribution in [0.5, 0.6) is 11.5 Å². The summed E-state index contributed by atoms with van der Waals surface area (Å²) in [6.07, 6.45) is 1.89. The van der Waals surface area contributed by atoms with Crippen LogP contribution in [0.1, 0.15) is 30.4 Å². The number of piperidine rings is 1. The maximum atomic E-state index is 12.7. The Hall–Kier alpha value is -1.59. The number of carbonyl (C=O) groups excluding carboxylic acids is 1. The highest BCUT2D eigenvalue weighted by molar-refractivity contribution is 5.90. The third-order valence-electron chi connectivity index (χ3n) is 6.73. The lowest BCUT2D eigenvalue weighted by atomic mass is 9.49. The van der Waals surface area contributed by atoms with Crippen LogP contribution in [-0.2, 0) is 16.6 Å². The van der Waals surface area contributed by atoms with Gasteiger partial charge in [-0.2, -0.15) is 0 Å². The van der Waals surface area contributed by atoms with E-state index >= 15 is 0 Å². The average Bonchev–Trinajstić information content (AvgIpc) is 2.90. The highest BCUT2D eigenvalue weighted by Crippen LogP contribution is 2.64. The summed E-state index contributed by atoms with van der Waals surface area (Å²) in [5.41, 5.74) is 0.737. The first kappa shape index (κ1) is 13.8. The molecule has 2 unspecified atom stereocenters. The van der Waals surface area contributed by atoms with E-state index in [1.165, 1.54) is 5.56 Å². The number of likely N-dealkylation sites (tertiary alicyclic amines) is 1. The van der Waals surface area contributed by atoms with E-state index in [1.54, 1.807) is 7.11 Å². The first-order chi connectivity index (χ1) is 11.0. The third-order valence-corrected chi connectivity index (χ3v) is 6.73. The fourth-order valence-electron chi connectivity index (χ4n) is 5.69. The molecule has 2 bridgehead atoms. The number of nitrogens with zero attached hydrogens (tertiary/aromatic N) is 1. The Balaban J connectivity index is 1.86. The Morgan fingerprint density at radius 3 is 3.00 bits per heavy atom. The van der Waals surface area contributed by atoms with Gasteiger partial charge in [-0.25, -0.2) is 0 Å². The molecule has 0 aromatic heterocycles. The number of Topliss-reactive ketones (excluding diaryl/α,β-unsaturated/α-hetero) is 1. The Kier molecular flexibility index (Phi) is 2.45. The second-order valence-corrected chi connectivity index (χ2v) is 7.44. The summed E-state index contributed by atoms with van der Waals surface area (Å²) in [5.74, 6) is 1.47. The van der Waals surface area contributed by atoms with Crippen molar-refractivity contribution in [1.82, 2.24) is 4.90 Å². The molecular weight excluding hydrogens is 294 g/mol. The minimum absolute atomic E-state index is 0.0438. The van der Waals surface area contributed by atoms with Crippen molar-refractivity contribution in [2.75, 3.05) is 20.7 Å². The van der Waals surface area contributed by atoms with Gasteiger partial charge in [-0.05, 0) is 44.5 Å². The fourth-order valence-corrected chi connectivity index (χ4v) is 5.69. The van der Waals surface area contributed by atoms with E-state index in [9.17, 15) is 9.90 Å². The van der Waals surface area contributed by atoms with Crippen molar-refractivity contribution in [3.8, 4) is 11.5 Å². The summed E-state index contributed by atoms with van der Waals surface area (Å²) in [4.78, 5) is 14.9. The molecule has 122 valence electrons. The number of hydrogen-bond donors (Lipinski definition) is 1. The van der Waals surface area contributed by atoms with Crippen LogP contribution in [0.25, 0.3) is 0 Å². The maximum Gasteiger partial charge on any atom is 0.174 e. The normalized spacial score (nSPS) is 40.6. The van der Waals surface area contributed by atoms with Crippen molar-refractivity contribution >= 4 is 5.78 Å². The highest BCUT2D eigenvalue weighted by Gasteiger charge is 2.72. The Morgan fingerprint density at radius 2 is 2.22 bits per heavy atom. The highest BCUT2D eigenvalue weighted by atomic mass is 16.5. The van der Waals surface area contributed by atoms with E-state index in [4.69, 9.17) is 9.47 Å². The summed E-state index contributed by atoms with van der Waals surface area (Å²) in [6.45, 7) is 0.871. The van der Waals surface area contributed by atoms with Gasteiger partial charge in [0.05, 0.1) is 18.1 Å². The molecule has 4 aliphatic rings. The van der Waals surface area contributed by atoms with E-state index in [1.807, 2.05) is 6.07 Å². The Bertz CT molecular complexity index is 732. The molecule has 1 aromatic carbocycles. The number of aliphatic hydroxyl groups is 1. The molecule has 2 aliphatic carbocycles. The van der Waals surface area contributed by atoms with Crippen LogP contribution in [0.3, 0.4) is 0 Å². The summed E-state index contributed by atoms with van der Waals surface area (Å²) in [6, 6.07) is 4.05. The van der Waals surface area contributed by atoms with Crippen LogP contribution in [0.2, 0.25) is 0 Å².